The van der Waals surface area contributed by atoms with Gasteiger partial charge in [-0.05, 0) is 46.3 Å². The molecule has 0 unspecified atom stereocenters. The zero-order valence-corrected chi connectivity index (χ0v) is 11.0. The van der Waals surface area contributed by atoms with Gasteiger partial charge in [0.25, 0.3) is 0 Å². The Morgan fingerprint density at radius 3 is 2.25 bits per heavy atom. The molecule has 2 nitrogen and oxygen atoms in total. The maximum atomic E-state index is 5.64. The molecule has 0 amide bonds. The van der Waals surface area contributed by atoms with Crippen LogP contribution in [0.25, 0.3) is 0 Å². The number of benzene rings is 1. The Morgan fingerprint density at radius 1 is 1.19 bits per heavy atom. The summed E-state index contributed by atoms with van der Waals surface area (Å²) >= 11 is 0. The summed E-state index contributed by atoms with van der Waals surface area (Å²) in [4.78, 5) is 2.37. The van der Waals surface area contributed by atoms with Gasteiger partial charge in [-0.15, -0.1) is 0 Å². The van der Waals surface area contributed by atoms with Gasteiger partial charge < -0.3 is 5.73 Å². The van der Waals surface area contributed by atoms with Crippen LogP contribution in [0.2, 0.25) is 0 Å². The lowest BCUT2D eigenvalue weighted by Gasteiger charge is -2.35. The highest BCUT2D eigenvalue weighted by Crippen LogP contribution is 2.19. The molecule has 0 aliphatic rings. The highest BCUT2D eigenvalue weighted by Gasteiger charge is 2.22. The Kier molecular flexibility index (Phi) is 4.51. The van der Waals surface area contributed by atoms with Crippen molar-refractivity contribution in [2.45, 2.75) is 39.3 Å². The third kappa shape index (κ3) is 3.62. The summed E-state index contributed by atoms with van der Waals surface area (Å²) in [5.74, 6) is 0. The monoisotopic (exact) mass is 220 g/mol. The van der Waals surface area contributed by atoms with E-state index in [1.54, 1.807) is 0 Å². The molecule has 0 aliphatic carbocycles. The largest absolute Gasteiger partial charge is 0.330 e. The lowest BCUT2D eigenvalue weighted by atomic mass is 9.98. The number of nitrogens with zero attached hydrogens (tertiary/aromatic N) is 1. The molecule has 0 atom stereocenters. The van der Waals surface area contributed by atoms with Crippen molar-refractivity contribution in [3.63, 3.8) is 0 Å². The van der Waals surface area contributed by atoms with E-state index >= 15 is 0 Å². The fraction of sp³-hybridized carbons (Fsp3) is 0.571. The molecule has 2 heteroatoms. The first-order chi connectivity index (χ1) is 7.45. The Hall–Kier alpha value is -0.860. The first-order valence-electron chi connectivity index (χ1n) is 5.92. The van der Waals surface area contributed by atoms with Gasteiger partial charge in [0.15, 0.2) is 0 Å². The second kappa shape index (κ2) is 5.46. The summed E-state index contributed by atoms with van der Waals surface area (Å²) in [6.07, 6.45) is 1.02. The first-order valence-corrected chi connectivity index (χ1v) is 5.92. The van der Waals surface area contributed by atoms with Crippen LogP contribution < -0.4 is 5.73 Å². The number of hydrogen-bond donors (Lipinski definition) is 1. The summed E-state index contributed by atoms with van der Waals surface area (Å²) in [6, 6.07) is 8.73. The predicted octanol–water partition coefficient (Wildman–Crippen LogP) is 2.55. The van der Waals surface area contributed by atoms with E-state index in [1.165, 1.54) is 11.1 Å². The molecule has 0 saturated heterocycles. The van der Waals surface area contributed by atoms with Crippen LogP contribution in [-0.4, -0.2) is 24.0 Å². The third-order valence-electron chi connectivity index (χ3n) is 3.33. The molecule has 2 N–H and O–H groups in total. The fourth-order valence-electron chi connectivity index (χ4n) is 1.73. The highest BCUT2D eigenvalue weighted by atomic mass is 15.2. The van der Waals surface area contributed by atoms with Crippen LogP contribution in [0.4, 0.5) is 0 Å². The molecule has 90 valence electrons. The summed E-state index contributed by atoms with van der Waals surface area (Å²) in [5.41, 5.74) is 8.48. The molecule has 0 aliphatic heterocycles. The summed E-state index contributed by atoms with van der Waals surface area (Å²) in [5, 5.41) is 0. The maximum Gasteiger partial charge on any atom is 0.0236 e. The minimum atomic E-state index is 0.166. The summed E-state index contributed by atoms with van der Waals surface area (Å²) < 4.78 is 0. The van der Waals surface area contributed by atoms with E-state index in [9.17, 15) is 0 Å². The van der Waals surface area contributed by atoms with Crippen molar-refractivity contribution in [3.8, 4) is 0 Å². The third-order valence-corrected chi connectivity index (χ3v) is 3.33. The second-order valence-corrected chi connectivity index (χ2v) is 5.19. The van der Waals surface area contributed by atoms with Crippen LogP contribution in [-0.2, 0) is 6.54 Å². The summed E-state index contributed by atoms with van der Waals surface area (Å²) in [7, 11) is 2.16. The summed E-state index contributed by atoms with van der Waals surface area (Å²) in [6.45, 7) is 8.33. The fourth-order valence-corrected chi connectivity index (χ4v) is 1.73. The Bertz CT molecular complexity index is 314. The standard InChI is InChI=1S/C14H24N2/c1-12-5-7-13(8-6-12)11-16(4)14(2,3)9-10-15/h5-8H,9-11,15H2,1-4H3. The lowest BCUT2D eigenvalue weighted by molar-refractivity contribution is 0.140. The number of nitrogens with two attached hydrogens (primary N) is 1. The van der Waals surface area contributed by atoms with E-state index in [4.69, 9.17) is 5.73 Å². The average molecular weight is 220 g/mol. The van der Waals surface area contributed by atoms with E-state index in [-0.39, 0.29) is 5.54 Å². The zero-order chi connectivity index (χ0) is 12.2. The zero-order valence-electron chi connectivity index (χ0n) is 11.0. The van der Waals surface area contributed by atoms with E-state index in [0.717, 1.165) is 19.5 Å². The molecule has 0 saturated carbocycles. The average Bonchev–Trinajstić information content (AvgIpc) is 2.21. The number of hydrogen-bond acceptors (Lipinski definition) is 2. The van der Waals surface area contributed by atoms with Crippen molar-refractivity contribution in [3.05, 3.63) is 35.4 Å². The van der Waals surface area contributed by atoms with Crippen molar-refractivity contribution < 1.29 is 0 Å². The smallest absolute Gasteiger partial charge is 0.0236 e. The second-order valence-electron chi connectivity index (χ2n) is 5.19. The number of aryl methyl sites for hydroxylation is 1. The molecule has 1 rings (SSSR count). The van der Waals surface area contributed by atoms with Gasteiger partial charge in [-0.1, -0.05) is 29.8 Å². The SMILES string of the molecule is Cc1ccc(CN(C)C(C)(C)CCN)cc1. The molecule has 1 aromatic rings. The lowest BCUT2D eigenvalue weighted by Crippen LogP contribution is -2.42. The van der Waals surface area contributed by atoms with E-state index in [2.05, 4.69) is 57.0 Å². The van der Waals surface area contributed by atoms with Crippen LogP contribution >= 0.6 is 0 Å². The predicted molar refractivity (Wildman–Crippen MR) is 70.4 cm³/mol. The van der Waals surface area contributed by atoms with Gasteiger partial charge in [-0.25, -0.2) is 0 Å². The van der Waals surface area contributed by atoms with Crippen molar-refractivity contribution >= 4 is 0 Å². The van der Waals surface area contributed by atoms with Gasteiger partial charge in [0.2, 0.25) is 0 Å². The molecular formula is C14H24N2. The van der Waals surface area contributed by atoms with E-state index in [0.29, 0.717) is 0 Å². The van der Waals surface area contributed by atoms with Crippen LogP contribution in [0.3, 0.4) is 0 Å². The topological polar surface area (TPSA) is 29.3 Å². The number of rotatable bonds is 5. The van der Waals surface area contributed by atoms with Crippen molar-refractivity contribution in [1.82, 2.24) is 4.90 Å². The molecular weight excluding hydrogens is 196 g/mol. The Balaban J connectivity index is 2.63. The molecule has 0 bridgehead atoms. The molecule has 1 aromatic carbocycles. The van der Waals surface area contributed by atoms with Gasteiger partial charge in [-0.3, -0.25) is 4.90 Å². The van der Waals surface area contributed by atoms with E-state index in [1.807, 2.05) is 0 Å². The first kappa shape index (κ1) is 13.2. The van der Waals surface area contributed by atoms with Crippen molar-refractivity contribution in [2.24, 2.45) is 5.73 Å². The molecule has 16 heavy (non-hydrogen) atoms. The normalized spacial score (nSPS) is 12.1. The van der Waals surface area contributed by atoms with Gasteiger partial charge >= 0.3 is 0 Å². The molecule has 0 radical (unpaired) electrons. The van der Waals surface area contributed by atoms with Crippen molar-refractivity contribution in [2.75, 3.05) is 13.6 Å². The van der Waals surface area contributed by atoms with Crippen LogP contribution in [0.5, 0.6) is 0 Å². The molecule has 0 aromatic heterocycles. The molecule has 0 heterocycles. The Labute approximate surface area is 99.5 Å². The molecule has 0 spiro atoms. The molecule has 0 fully saturated rings. The van der Waals surface area contributed by atoms with Crippen LogP contribution in [0, 0.1) is 6.92 Å². The minimum absolute atomic E-state index is 0.166. The van der Waals surface area contributed by atoms with Gasteiger partial charge in [0.05, 0.1) is 0 Å². The Morgan fingerprint density at radius 2 is 1.75 bits per heavy atom. The van der Waals surface area contributed by atoms with Crippen LogP contribution in [0.1, 0.15) is 31.4 Å². The van der Waals surface area contributed by atoms with E-state index < -0.39 is 0 Å². The van der Waals surface area contributed by atoms with Crippen molar-refractivity contribution in [1.29, 1.82) is 0 Å². The highest BCUT2D eigenvalue weighted by molar-refractivity contribution is 5.21. The van der Waals surface area contributed by atoms with Gasteiger partial charge in [0.1, 0.15) is 0 Å². The minimum Gasteiger partial charge on any atom is -0.330 e. The van der Waals surface area contributed by atoms with Gasteiger partial charge in [0, 0.05) is 12.1 Å². The quantitative estimate of drug-likeness (QED) is 0.826. The van der Waals surface area contributed by atoms with Gasteiger partial charge in [-0.2, -0.15) is 0 Å². The maximum absolute atomic E-state index is 5.64. The van der Waals surface area contributed by atoms with Crippen LogP contribution in [0.15, 0.2) is 24.3 Å².